The van der Waals surface area contributed by atoms with Gasteiger partial charge in [0.2, 0.25) is 0 Å². The summed E-state index contributed by atoms with van der Waals surface area (Å²) in [6.07, 6.45) is 1.03. The Balaban J connectivity index is 4.08. The lowest BCUT2D eigenvalue weighted by atomic mass is 9.93. The van der Waals surface area contributed by atoms with E-state index in [1.165, 1.54) is 0 Å². The molecule has 70 valence electrons. The highest BCUT2D eigenvalue weighted by Crippen LogP contribution is 2.15. The molecule has 3 nitrogen and oxygen atoms in total. The minimum Gasteiger partial charge on any atom is -0.466 e. The zero-order valence-electron chi connectivity index (χ0n) is 7.87. The summed E-state index contributed by atoms with van der Waals surface area (Å²) in [7, 11) is 0. The molecule has 0 aliphatic carbocycles. The first-order valence-electron chi connectivity index (χ1n) is 4.23. The van der Waals surface area contributed by atoms with Crippen molar-refractivity contribution in [3.8, 4) is 0 Å². The highest BCUT2D eigenvalue weighted by atomic mass is 16.5. The molecule has 1 atom stereocenters. The number of esters is 1. The molecule has 0 bridgehead atoms. The van der Waals surface area contributed by atoms with Crippen molar-refractivity contribution in [2.24, 2.45) is 11.8 Å². The van der Waals surface area contributed by atoms with E-state index in [1.807, 2.05) is 13.8 Å². The number of carbonyl (C=O) groups is 2. The van der Waals surface area contributed by atoms with Crippen LogP contribution in [-0.4, -0.2) is 18.9 Å². The average Bonchev–Trinajstić information content (AvgIpc) is 1.99. The molecule has 0 aromatic heterocycles. The third kappa shape index (κ3) is 3.51. The maximum absolute atomic E-state index is 11.2. The van der Waals surface area contributed by atoms with Crippen LogP contribution in [0, 0.1) is 11.8 Å². The molecule has 0 N–H and O–H groups in total. The van der Waals surface area contributed by atoms with Gasteiger partial charge in [-0.25, -0.2) is 0 Å². The van der Waals surface area contributed by atoms with Gasteiger partial charge < -0.3 is 9.53 Å². The van der Waals surface area contributed by atoms with Crippen molar-refractivity contribution < 1.29 is 14.3 Å². The molecule has 0 aliphatic heterocycles. The number of hydrogen-bond donors (Lipinski definition) is 0. The van der Waals surface area contributed by atoms with Crippen molar-refractivity contribution in [2.75, 3.05) is 6.61 Å². The van der Waals surface area contributed by atoms with Gasteiger partial charge in [0.05, 0.1) is 12.5 Å². The molecule has 0 saturated heterocycles. The van der Waals surface area contributed by atoms with Gasteiger partial charge in [0, 0.05) is 6.42 Å². The van der Waals surface area contributed by atoms with E-state index in [2.05, 4.69) is 0 Å². The summed E-state index contributed by atoms with van der Waals surface area (Å²) in [6.45, 7) is 5.95. The molecule has 0 aliphatic rings. The van der Waals surface area contributed by atoms with Crippen LogP contribution in [0.2, 0.25) is 0 Å². The van der Waals surface area contributed by atoms with E-state index < -0.39 is 0 Å². The zero-order valence-corrected chi connectivity index (χ0v) is 7.87. The second-order valence-electron chi connectivity index (χ2n) is 3.00. The first kappa shape index (κ1) is 11.1. The smallest absolute Gasteiger partial charge is 0.309 e. The van der Waals surface area contributed by atoms with Crippen LogP contribution >= 0.6 is 0 Å². The van der Waals surface area contributed by atoms with Crippen LogP contribution in [0.5, 0.6) is 0 Å². The first-order valence-corrected chi connectivity index (χ1v) is 4.23. The van der Waals surface area contributed by atoms with Crippen LogP contribution in [0.3, 0.4) is 0 Å². The zero-order chi connectivity index (χ0) is 9.56. The fraction of sp³-hybridized carbons (Fsp3) is 0.778. The van der Waals surface area contributed by atoms with E-state index in [-0.39, 0.29) is 24.2 Å². The van der Waals surface area contributed by atoms with Gasteiger partial charge in [0.25, 0.3) is 0 Å². The third-order valence-corrected chi connectivity index (χ3v) is 1.74. The predicted octanol–water partition coefficient (Wildman–Crippen LogP) is 1.41. The monoisotopic (exact) mass is 172 g/mol. The number of ether oxygens (including phenoxy) is 1. The second-order valence-corrected chi connectivity index (χ2v) is 3.00. The van der Waals surface area contributed by atoms with Crippen molar-refractivity contribution in [1.82, 2.24) is 0 Å². The minimum atomic E-state index is -0.276. The average molecular weight is 172 g/mol. The number of aldehydes is 1. The summed E-state index contributed by atoms with van der Waals surface area (Å²) >= 11 is 0. The van der Waals surface area contributed by atoms with E-state index in [0.717, 1.165) is 6.29 Å². The molecule has 0 heterocycles. The summed E-state index contributed by atoms with van der Waals surface area (Å²) in [5, 5.41) is 0. The van der Waals surface area contributed by atoms with Gasteiger partial charge in [-0.05, 0) is 12.8 Å². The van der Waals surface area contributed by atoms with E-state index in [9.17, 15) is 9.59 Å². The number of rotatable bonds is 5. The van der Waals surface area contributed by atoms with Crippen molar-refractivity contribution in [3.05, 3.63) is 0 Å². The SMILES string of the molecule is CCOC(=O)[C@@H](CC=O)C(C)C. The lowest BCUT2D eigenvalue weighted by Gasteiger charge is -2.15. The van der Waals surface area contributed by atoms with E-state index in [4.69, 9.17) is 4.74 Å². The van der Waals surface area contributed by atoms with Gasteiger partial charge >= 0.3 is 5.97 Å². The van der Waals surface area contributed by atoms with Crippen LogP contribution in [0.1, 0.15) is 27.2 Å². The summed E-state index contributed by atoms with van der Waals surface area (Å²) in [6, 6.07) is 0. The van der Waals surface area contributed by atoms with Crippen LogP contribution in [0.25, 0.3) is 0 Å². The van der Waals surface area contributed by atoms with Gasteiger partial charge in [-0.1, -0.05) is 13.8 Å². The molecular formula is C9H16O3. The molecule has 3 heteroatoms. The Kier molecular flexibility index (Phi) is 5.34. The fourth-order valence-corrected chi connectivity index (χ4v) is 0.994. The summed E-state index contributed by atoms with van der Waals surface area (Å²) in [5.41, 5.74) is 0. The molecule has 0 rings (SSSR count). The van der Waals surface area contributed by atoms with E-state index >= 15 is 0 Å². The van der Waals surface area contributed by atoms with Gasteiger partial charge in [-0.15, -0.1) is 0 Å². The van der Waals surface area contributed by atoms with Crippen LogP contribution in [0.15, 0.2) is 0 Å². The van der Waals surface area contributed by atoms with E-state index in [1.54, 1.807) is 6.92 Å². The Morgan fingerprint density at radius 3 is 2.42 bits per heavy atom. The van der Waals surface area contributed by atoms with E-state index in [0.29, 0.717) is 6.61 Å². The first-order chi connectivity index (χ1) is 5.63. The molecule has 0 spiro atoms. The molecule has 0 aromatic carbocycles. The maximum Gasteiger partial charge on any atom is 0.309 e. The Labute approximate surface area is 73.1 Å². The van der Waals surface area contributed by atoms with Gasteiger partial charge in [-0.2, -0.15) is 0 Å². The van der Waals surface area contributed by atoms with Gasteiger partial charge in [0.15, 0.2) is 0 Å². The van der Waals surface area contributed by atoms with Crippen LogP contribution < -0.4 is 0 Å². The fourth-order valence-electron chi connectivity index (χ4n) is 0.994. The Bertz CT molecular complexity index is 152. The van der Waals surface area contributed by atoms with Crippen molar-refractivity contribution >= 4 is 12.3 Å². The van der Waals surface area contributed by atoms with Gasteiger partial charge in [-0.3, -0.25) is 4.79 Å². The molecule has 0 radical (unpaired) electrons. The molecule has 0 amide bonds. The second kappa shape index (κ2) is 5.75. The molecule has 0 saturated carbocycles. The lowest BCUT2D eigenvalue weighted by Crippen LogP contribution is -2.23. The number of carbonyl (C=O) groups excluding carboxylic acids is 2. The van der Waals surface area contributed by atoms with Crippen molar-refractivity contribution in [3.63, 3.8) is 0 Å². The Morgan fingerprint density at radius 1 is 1.50 bits per heavy atom. The molecular weight excluding hydrogens is 156 g/mol. The lowest BCUT2D eigenvalue weighted by molar-refractivity contribution is -0.150. The quantitative estimate of drug-likeness (QED) is 0.465. The molecule has 0 unspecified atom stereocenters. The third-order valence-electron chi connectivity index (χ3n) is 1.74. The largest absolute Gasteiger partial charge is 0.466 e. The molecule has 12 heavy (non-hydrogen) atoms. The summed E-state index contributed by atoms with van der Waals surface area (Å²) < 4.78 is 4.82. The normalized spacial score (nSPS) is 12.7. The highest BCUT2D eigenvalue weighted by molar-refractivity contribution is 5.75. The van der Waals surface area contributed by atoms with Crippen molar-refractivity contribution in [2.45, 2.75) is 27.2 Å². The highest BCUT2D eigenvalue weighted by Gasteiger charge is 2.22. The summed E-state index contributed by atoms with van der Waals surface area (Å²) in [4.78, 5) is 21.4. The topological polar surface area (TPSA) is 43.4 Å². The summed E-state index contributed by atoms with van der Waals surface area (Å²) in [5.74, 6) is -0.378. The molecule has 0 fully saturated rings. The Hall–Kier alpha value is -0.860. The van der Waals surface area contributed by atoms with Crippen molar-refractivity contribution in [1.29, 1.82) is 0 Å². The standard InChI is InChI=1S/C9H16O3/c1-4-12-9(11)8(5-6-10)7(2)3/h6-8H,4-5H2,1-3H3/t8-/m0/s1. The minimum absolute atomic E-state index is 0.161. The Morgan fingerprint density at radius 2 is 2.08 bits per heavy atom. The maximum atomic E-state index is 11.2. The number of hydrogen-bond acceptors (Lipinski definition) is 3. The van der Waals surface area contributed by atoms with Crippen LogP contribution in [0.4, 0.5) is 0 Å². The van der Waals surface area contributed by atoms with Crippen LogP contribution in [-0.2, 0) is 14.3 Å². The van der Waals surface area contributed by atoms with Gasteiger partial charge in [0.1, 0.15) is 6.29 Å². The predicted molar refractivity (Wildman–Crippen MR) is 45.6 cm³/mol. The molecule has 0 aromatic rings.